The molecule has 0 bridgehead atoms. The smallest absolute Gasteiger partial charge is 0.166 e. The van der Waals surface area contributed by atoms with Gasteiger partial charge in [-0.05, 0) is 6.42 Å². The Kier molecular flexibility index (Phi) is 1.95. The van der Waals surface area contributed by atoms with Crippen LogP contribution in [0.4, 0.5) is 5.82 Å². The van der Waals surface area contributed by atoms with Crippen molar-refractivity contribution >= 4 is 5.82 Å². The van der Waals surface area contributed by atoms with E-state index in [4.69, 9.17) is 5.73 Å². The second-order valence-corrected chi connectivity index (χ2v) is 3.05. The highest BCUT2D eigenvalue weighted by Crippen LogP contribution is 2.11. The Hall–Kier alpha value is -1.85. The van der Waals surface area contributed by atoms with Gasteiger partial charge in [0.25, 0.3) is 0 Å². The van der Waals surface area contributed by atoms with Gasteiger partial charge in [-0.2, -0.15) is 10.2 Å². The average Bonchev–Trinajstić information content (AvgIpc) is 2.71. The SMILES string of the molecule is CCc1nn(C)cc1-n1ncc(N)n1. The van der Waals surface area contributed by atoms with Gasteiger partial charge in [-0.3, -0.25) is 4.68 Å². The molecule has 0 unspecified atom stereocenters. The molecule has 0 amide bonds. The van der Waals surface area contributed by atoms with E-state index < -0.39 is 0 Å². The topological polar surface area (TPSA) is 74.5 Å². The molecule has 0 radical (unpaired) electrons. The van der Waals surface area contributed by atoms with Crippen molar-refractivity contribution in [1.82, 2.24) is 24.8 Å². The monoisotopic (exact) mass is 192 g/mol. The van der Waals surface area contributed by atoms with E-state index in [-0.39, 0.29) is 0 Å². The van der Waals surface area contributed by atoms with Crippen LogP contribution in [0.1, 0.15) is 12.6 Å². The molecule has 6 heteroatoms. The maximum Gasteiger partial charge on any atom is 0.166 e. The van der Waals surface area contributed by atoms with Gasteiger partial charge < -0.3 is 5.73 Å². The van der Waals surface area contributed by atoms with E-state index in [1.165, 1.54) is 11.0 Å². The maximum absolute atomic E-state index is 5.49. The Labute approximate surface area is 81.3 Å². The first-order valence-corrected chi connectivity index (χ1v) is 4.41. The highest BCUT2D eigenvalue weighted by atomic mass is 15.5. The lowest BCUT2D eigenvalue weighted by atomic mass is 10.3. The van der Waals surface area contributed by atoms with Gasteiger partial charge in [0.2, 0.25) is 0 Å². The number of nitrogen functional groups attached to an aromatic ring is 1. The number of nitrogens with two attached hydrogens (primary N) is 1. The molecule has 2 aromatic rings. The summed E-state index contributed by atoms with van der Waals surface area (Å²) in [5, 5.41) is 12.4. The molecular weight excluding hydrogens is 180 g/mol. The lowest BCUT2D eigenvalue weighted by Crippen LogP contribution is -2.01. The first kappa shape index (κ1) is 8.74. The second kappa shape index (κ2) is 3.13. The highest BCUT2D eigenvalue weighted by molar-refractivity contribution is 5.34. The zero-order valence-corrected chi connectivity index (χ0v) is 8.18. The summed E-state index contributed by atoms with van der Waals surface area (Å²) in [5.41, 5.74) is 7.34. The van der Waals surface area contributed by atoms with Gasteiger partial charge in [0, 0.05) is 7.05 Å². The Balaban J connectivity index is 2.49. The van der Waals surface area contributed by atoms with Crippen LogP contribution in [0.15, 0.2) is 12.4 Å². The number of nitrogens with zero attached hydrogens (tertiary/aromatic N) is 5. The van der Waals surface area contributed by atoms with Gasteiger partial charge in [-0.1, -0.05) is 6.92 Å². The van der Waals surface area contributed by atoms with Crippen molar-refractivity contribution in [3.8, 4) is 5.69 Å². The standard InChI is InChI=1S/C8H12N6/c1-3-6-7(5-13(2)11-6)14-10-4-8(9)12-14/h4-5H,3H2,1-2H3,(H2,9,12). The van der Waals surface area contributed by atoms with Crippen molar-refractivity contribution in [2.45, 2.75) is 13.3 Å². The predicted octanol–water partition coefficient (Wildman–Crippen LogP) is 0.145. The van der Waals surface area contributed by atoms with Crippen molar-refractivity contribution in [2.24, 2.45) is 7.05 Å². The minimum Gasteiger partial charge on any atom is -0.381 e. The second-order valence-electron chi connectivity index (χ2n) is 3.05. The summed E-state index contributed by atoms with van der Waals surface area (Å²) < 4.78 is 1.74. The van der Waals surface area contributed by atoms with Crippen LogP contribution < -0.4 is 5.73 Å². The molecule has 0 aliphatic carbocycles. The Morgan fingerprint density at radius 3 is 2.79 bits per heavy atom. The third-order valence-electron chi connectivity index (χ3n) is 1.94. The Bertz CT molecular complexity index is 440. The summed E-state index contributed by atoms with van der Waals surface area (Å²) in [6.07, 6.45) is 4.24. The largest absolute Gasteiger partial charge is 0.381 e. The van der Waals surface area contributed by atoms with Gasteiger partial charge in [-0.15, -0.1) is 9.90 Å². The van der Waals surface area contributed by atoms with Gasteiger partial charge >= 0.3 is 0 Å². The number of hydrogen-bond donors (Lipinski definition) is 1. The number of aromatic nitrogens is 5. The quantitative estimate of drug-likeness (QED) is 0.734. The van der Waals surface area contributed by atoms with Gasteiger partial charge in [0.15, 0.2) is 5.82 Å². The summed E-state index contributed by atoms with van der Waals surface area (Å²) in [7, 11) is 1.87. The molecule has 74 valence electrons. The molecule has 2 aromatic heterocycles. The molecule has 0 aliphatic heterocycles. The molecule has 2 heterocycles. The van der Waals surface area contributed by atoms with E-state index in [0.717, 1.165) is 17.8 Å². The van der Waals surface area contributed by atoms with Crippen LogP contribution in [0.5, 0.6) is 0 Å². The molecule has 0 atom stereocenters. The lowest BCUT2D eigenvalue weighted by molar-refractivity contribution is 0.744. The average molecular weight is 192 g/mol. The summed E-state index contributed by atoms with van der Waals surface area (Å²) in [4.78, 5) is 1.50. The first-order chi connectivity index (χ1) is 6.70. The minimum atomic E-state index is 0.413. The number of anilines is 1. The van der Waals surface area contributed by atoms with Gasteiger partial charge in [-0.25, -0.2) is 0 Å². The normalized spacial score (nSPS) is 10.7. The number of rotatable bonds is 2. The summed E-state index contributed by atoms with van der Waals surface area (Å²) in [6, 6.07) is 0. The zero-order valence-electron chi connectivity index (χ0n) is 8.18. The molecular formula is C8H12N6. The van der Waals surface area contributed by atoms with Crippen LogP contribution in [-0.2, 0) is 13.5 Å². The van der Waals surface area contributed by atoms with E-state index in [2.05, 4.69) is 15.3 Å². The van der Waals surface area contributed by atoms with E-state index in [9.17, 15) is 0 Å². The Morgan fingerprint density at radius 2 is 2.21 bits per heavy atom. The van der Waals surface area contributed by atoms with Crippen LogP contribution >= 0.6 is 0 Å². The molecule has 0 saturated carbocycles. The van der Waals surface area contributed by atoms with Crippen LogP contribution in [0.3, 0.4) is 0 Å². The molecule has 2 N–H and O–H groups in total. The van der Waals surface area contributed by atoms with Crippen LogP contribution in [0, 0.1) is 0 Å². The van der Waals surface area contributed by atoms with Gasteiger partial charge in [0.1, 0.15) is 5.69 Å². The zero-order chi connectivity index (χ0) is 10.1. The third-order valence-corrected chi connectivity index (χ3v) is 1.94. The van der Waals surface area contributed by atoms with E-state index in [0.29, 0.717) is 5.82 Å². The fourth-order valence-corrected chi connectivity index (χ4v) is 1.33. The molecule has 0 fully saturated rings. The molecule has 6 nitrogen and oxygen atoms in total. The van der Waals surface area contributed by atoms with Crippen molar-refractivity contribution in [3.63, 3.8) is 0 Å². The predicted molar refractivity (Wildman–Crippen MR) is 51.9 cm³/mol. The van der Waals surface area contributed by atoms with Crippen molar-refractivity contribution in [1.29, 1.82) is 0 Å². The third kappa shape index (κ3) is 1.34. The summed E-state index contributed by atoms with van der Waals surface area (Å²) in [6.45, 7) is 2.04. The van der Waals surface area contributed by atoms with Crippen molar-refractivity contribution in [3.05, 3.63) is 18.1 Å². The van der Waals surface area contributed by atoms with Crippen molar-refractivity contribution in [2.75, 3.05) is 5.73 Å². The van der Waals surface area contributed by atoms with E-state index in [1.54, 1.807) is 4.68 Å². The number of hydrogen-bond acceptors (Lipinski definition) is 4. The highest BCUT2D eigenvalue weighted by Gasteiger charge is 2.09. The minimum absolute atomic E-state index is 0.413. The number of aryl methyl sites for hydroxylation is 2. The fraction of sp³-hybridized carbons (Fsp3) is 0.375. The summed E-state index contributed by atoms with van der Waals surface area (Å²) in [5.74, 6) is 0.413. The van der Waals surface area contributed by atoms with E-state index in [1.807, 2.05) is 20.2 Å². The van der Waals surface area contributed by atoms with Crippen molar-refractivity contribution < 1.29 is 0 Å². The summed E-state index contributed by atoms with van der Waals surface area (Å²) >= 11 is 0. The Morgan fingerprint density at radius 1 is 1.43 bits per heavy atom. The lowest BCUT2D eigenvalue weighted by Gasteiger charge is -1.95. The molecule has 2 rings (SSSR count). The van der Waals surface area contributed by atoms with Gasteiger partial charge in [0.05, 0.1) is 18.1 Å². The molecule has 0 saturated heterocycles. The van der Waals surface area contributed by atoms with E-state index >= 15 is 0 Å². The first-order valence-electron chi connectivity index (χ1n) is 4.41. The molecule has 0 aromatic carbocycles. The fourth-order valence-electron chi connectivity index (χ4n) is 1.33. The maximum atomic E-state index is 5.49. The van der Waals surface area contributed by atoms with Crippen LogP contribution in [-0.4, -0.2) is 24.8 Å². The molecule has 14 heavy (non-hydrogen) atoms. The molecule has 0 aliphatic rings. The van der Waals surface area contributed by atoms with Crippen LogP contribution in [0.25, 0.3) is 5.69 Å². The van der Waals surface area contributed by atoms with Crippen LogP contribution in [0.2, 0.25) is 0 Å². The molecule has 0 spiro atoms.